The van der Waals surface area contributed by atoms with E-state index in [0.717, 1.165) is 50.2 Å². The van der Waals surface area contributed by atoms with Crippen molar-refractivity contribution in [3.8, 4) is 56.4 Å². The third kappa shape index (κ3) is 6.49. The van der Waals surface area contributed by atoms with E-state index in [-0.39, 0.29) is 5.41 Å². The first-order chi connectivity index (χ1) is 31.3. The van der Waals surface area contributed by atoms with Crippen molar-refractivity contribution in [3.05, 3.63) is 193 Å². The summed E-state index contributed by atoms with van der Waals surface area (Å²) in [4.78, 5) is 16.0. The minimum atomic E-state index is -2.37. The maximum atomic E-state index is 13.0. The quantitative estimate of drug-likeness (QED) is 0.113. The molecule has 4 saturated carbocycles. The molecule has 5 heteroatoms. The Morgan fingerprint density at radius 2 is 0.828 bits per heavy atom. The van der Waals surface area contributed by atoms with Gasteiger partial charge in [-0.15, -0.1) is 0 Å². The summed E-state index contributed by atoms with van der Waals surface area (Å²) >= 11 is 0. The van der Waals surface area contributed by atoms with Crippen LogP contribution >= 0.6 is 7.14 Å². The Kier molecular flexibility index (Phi) is 9.39. The number of hydrogen-bond acceptors (Lipinski definition) is 4. The molecule has 1 aromatic heterocycles. The summed E-state index contributed by atoms with van der Waals surface area (Å²) in [5.74, 6) is 4.88. The number of rotatable bonds is 8. The summed E-state index contributed by atoms with van der Waals surface area (Å²) in [6.45, 7) is 3.71. The number of nitrogens with zero attached hydrogens (tertiary/aromatic N) is 3. The summed E-state index contributed by atoms with van der Waals surface area (Å²) in [6.07, 6.45) is 6.58. The zero-order valence-corrected chi connectivity index (χ0v) is 37.3. The van der Waals surface area contributed by atoms with Crippen LogP contribution in [0.1, 0.15) is 43.2 Å². The number of benzene rings is 8. The molecule has 4 bridgehead atoms. The lowest BCUT2D eigenvalue weighted by Gasteiger charge is -2.62. The second-order valence-electron chi connectivity index (χ2n) is 19.1. The Morgan fingerprint density at radius 1 is 0.406 bits per heavy atom. The third-order valence-corrected chi connectivity index (χ3v) is 16.6. The van der Waals surface area contributed by atoms with Gasteiger partial charge in [0.15, 0.2) is 17.5 Å². The zero-order chi connectivity index (χ0) is 43.0. The molecule has 1 heterocycles. The third-order valence-electron chi connectivity index (χ3n) is 15.1. The molecule has 0 atom stereocenters. The first-order valence-corrected chi connectivity index (χ1v) is 25.6. The van der Waals surface area contributed by atoms with E-state index in [1.807, 2.05) is 31.5 Å². The molecule has 0 radical (unpaired) electrons. The highest BCUT2D eigenvalue weighted by Gasteiger charge is 2.58. The van der Waals surface area contributed by atoms with E-state index in [4.69, 9.17) is 15.0 Å². The van der Waals surface area contributed by atoms with Gasteiger partial charge < -0.3 is 4.57 Å². The normalized spacial score (nSPS) is 21.4. The average Bonchev–Trinajstić information content (AvgIpc) is 3.33. The van der Waals surface area contributed by atoms with Crippen LogP contribution in [-0.2, 0) is 9.98 Å². The molecule has 64 heavy (non-hydrogen) atoms. The Labute approximate surface area is 375 Å². The molecule has 8 aromatic carbocycles. The molecule has 9 aromatic rings. The summed E-state index contributed by atoms with van der Waals surface area (Å²) in [7, 11) is -2.37. The molecule has 4 fully saturated rings. The van der Waals surface area contributed by atoms with Crippen molar-refractivity contribution in [3.63, 3.8) is 0 Å². The molecule has 4 nitrogen and oxygen atoms in total. The van der Waals surface area contributed by atoms with Gasteiger partial charge in [0.05, 0.1) is 0 Å². The first-order valence-electron chi connectivity index (χ1n) is 23.0. The van der Waals surface area contributed by atoms with Crippen LogP contribution in [0.5, 0.6) is 0 Å². The van der Waals surface area contributed by atoms with Crippen molar-refractivity contribution >= 4 is 34.0 Å². The van der Waals surface area contributed by atoms with Gasteiger partial charge in [-0.25, -0.2) is 15.0 Å². The predicted molar refractivity (Wildman–Crippen MR) is 265 cm³/mol. The van der Waals surface area contributed by atoms with Crippen molar-refractivity contribution in [2.75, 3.05) is 13.3 Å². The fourth-order valence-electron chi connectivity index (χ4n) is 12.5. The second kappa shape index (κ2) is 15.4. The average molecular weight is 848 g/mol. The van der Waals surface area contributed by atoms with Gasteiger partial charge in [0, 0.05) is 27.4 Å². The molecule has 0 unspecified atom stereocenters. The van der Waals surface area contributed by atoms with Crippen LogP contribution in [0.4, 0.5) is 0 Å². The SMILES string of the molecule is CP(C)(=O)c1cccc(-c2ccc(C3(c4ccc(-c5nc(-c6ccccc6)nc(-c6c7ccccc7c(-c7ccccc7)c7ccccc67)n5)cc4)C4CC5CC(C4)CC3C5)cc2)c1. The van der Waals surface area contributed by atoms with Crippen LogP contribution in [0.25, 0.3) is 78.0 Å². The molecule has 312 valence electrons. The van der Waals surface area contributed by atoms with E-state index in [1.54, 1.807) is 0 Å². The standard InChI is InChI=1S/C59H50N3OP/c1-64(2,63)49-19-13-18-44(37-49)40-24-28-45(29-25-40)59(47-33-38-32-39(35-47)36-48(59)34-38)46-30-26-43(27-31-46)57-60-56(42-16-7-4-8-17-42)61-58(62-57)55-52-22-11-9-20-50(52)54(41-14-5-3-6-15-41)51-21-10-12-23-53(51)55/h3-31,37-39,47-48H,32-36H2,1-2H3. The monoisotopic (exact) mass is 847 g/mol. The van der Waals surface area contributed by atoms with Crippen molar-refractivity contribution in [2.45, 2.75) is 37.5 Å². The van der Waals surface area contributed by atoms with Crippen molar-refractivity contribution in [2.24, 2.45) is 23.7 Å². The fraction of sp³-hybridized carbons (Fsp3) is 0.203. The van der Waals surface area contributed by atoms with Gasteiger partial charge in [0.25, 0.3) is 0 Å². The van der Waals surface area contributed by atoms with Gasteiger partial charge in [0.1, 0.15) is 7.14 Å². The van der Waals surface area contributed by atoms with Gasteiger partial charge >= 0.3 is 0 Å². The Bertz CT molecular complexity index is 3180. The Balaban J connectivity index is 1.000. The zero-order valence-electron chi connectivity index (χ0n) is 36.4. The first kappa shape index (κ1) is 39.1. The van der Waals surface area contributed by atoms with E-state index < -0.39 is 7.14 Å². The van der Waals surface area contributed by atoms with Crippen LogP contribution in [0.3, 0.4) is 0 Å². The lowest BCUT2D eigenvalue weighted by atomic mass is 9.42. The Morgan fingerprint density at radius 3 is 1.34 bits per heavy atom. The van der Waals surface area contributed by atoms with Gasteiger partial charge in [-0.2, -0.15) is 0 Å². The predicted octanol–water partition coefficient (Wildman–Crippen LogP) is 14.5. The number of fused-ring (bicyclic) bond motifs is 2. The lowest BCUT2D eigenvalue weighted by molar-refractivity contribution is -0.0418. The molecule has 4 aliphatic rings. The van der Waals surface area contributed by atoms with E-state index in [1.165, 1.54) is 70.7 Å². The molecule has 0 N–H and O–H groups in total. The van der Waals surface area contributed by atoms with E-state index >= 15 is 0 Å². The van der Waals surface area contributed by atoms with E-state index in [2.05, 4.69) is 164 Å². The second-order valence-corrected chi connectivity index (χ2v) is 22.3. The Hall–Kier alpha value is -6.48. The topological polar surface area (TPSA) is 55.7 Å². The van der Waals surface area contributed by atoms with Gasteiger partial charge in [-0.1, -0.05) is 176 Å². The highest BCUT2D eigenvalue weighted by Crippen LogP contribution is 2.65. The van der Waals surface area contributed by atoms with Gasteiger partial charge in [-0.05, 0) is 130 Å². The van der Waals surface area contributed by atoms with Crippen molar-refractivity contribution < 1.29 is 4.57 Å². The molecule has 4 aliphatic carbocycles. The fourth-order valence-corrected chi connectivity index (χ4v) is 13.4. The summed E-state index contributed by atoms with van der Waals surface area (Å²) in [5.41, 5.74) is 10.4. The molecule has 0 saturated heterocycles. The minimum absolute atomic E-state index is 0.0628. The largest absolute Gasteiger partial charge is 0.319 e. The molecule has 0 spiro atoms. The maximum Gasteiger partial charge on any atom is 0.165 e. The summed E-state index contributed by atoms with van der Waals surface area (Å²) < 4.78 is 13.0. The van der Waals surface area contributed by atoms with Crippen LogP contribution in [-0.4, -0.2) is 28.3 Å². The van der Waals surface area contributed by atoms with Gasteiger partial charge in [-0.3, -0.25) is 0 Å². The summed E-state index contributed by atoms with van der Waals surface area (Å²) in [5, 5.41) is 5.50. The highest BCUT2D eigenvalue weighted by atomic mass is 31.2. The van der Waals surface area contributed by atoms with Gasteiger partial charge in [0.2, 0.25) is 0 Å². The van der Waals surface area contributed by atoms with E-state index in [0.29, 0.717) is 29.3 Å². The smallest absolute Gasteiger partial charge is 0.165 e. The molecule has 13 rings (SSSR count). The molecule has 0 aliphatic heterocycles. The lowest BCUT2D eigenvalue weighted by Crippen LogP contribution is -2.56. The number of hydrogen-bond donors (Lipinski definition) is 0. The van der Waals surface area contributed by atoms with E-state index in [9.17, 15) is 4.57 Å². The molecule has 0 amide bonds. The molecular weight excluding hydrogens is 798 g/mol. The maximum absolute atomic E-state index is 13.0. The minimum Gasteiger partial charge on any atom is -0.319 e. The van der Waals surface area contributed by atoms with Crippen LogP contribution in [0.15, 0.2) is 182 Å². The highest BCUT2D eigenvalue weighted by molar-refractivity contribution is 7.70. The van der Waals surface area contributed by atoms with Crippen molar-refractivity contribution in [1.82, 2.24) is 15.0 Å². The number of aromatic nitrogens is 3. The van der Waals surface area contributed by atoms with Crippen LogP contribution in [0, 0.1) is 23.7 Å². The summed E-state index contributed by atoms with van der Waals surface area (Å²) in [6, 6.07) is 65.5. The van der Waals surface area contributed by atoms with Crippen LogP contribution < -0.4 is 5.30 Å². The molecular formula is C59H50N3OP. The van der Waals surface area contributed by atoms with Crippen molar-refractivity contribution in [1.29, 1.82) is 0 Å². The van der Waals surface area contributed by atoms with Crippen LogP contribution in [0.2, 0.25) is 0 Å².